The quantitative estimate of drug-likeness (QED) is 0.764. The van der Waals surface area contributed by atoms with Gasteiger partial charge in [0.2, 0.25) is 0 Å². The lowest BCUT2D eigenvalue weighted by Gasteiger charge is -2.42. The molecule has 4 rings (SSSR count). The van der Waals surface area contributed by atoms with Crippen LogP contribution in [0.1, 0.15) is 31.2 Å². The van der Waals surface area contributed by atoms with Crippen LogP contribution in [-0.2, 0) is 11.3 Å². The summed E-state index contributed by atoms with van der Waals surface area (Å²) in [6, 6.07) is 5.48. The summed E-state index contributed by atoms with van der Waals surface area (Å²) >= 11 is 12.5. The third-order valence-corrected chi connectivity index (χ3v) is 7.20. The van der Waals surface area contributed by atoms with Crippen LogP contribution < -0.4 is 10.6 Å². The van der Waals surface area contributed by atoms with Crippen molar-refractivity contribution in [1.82, 2.24) is 9.97 Å². The monoisotopic (exact) mass is 436 g/mol. The first-order valence-corrected chi connectivity index (χ1v) is 10.7. The third kappa shape index (κ3) is 3.62. The molecule has 1 spiro atoms. The number of rotatable bonds is 3. The molecule has 0 bridgehead atoms. The Hall–Kier alpha value is -1.44. The molecule has 3 N–H and O–H groups in total. The minimum absolute atomic E-state index is 0.0338. The number of ether oxygens (including phenoxy) is 1. The van der Waals surface area contributed by atoms with Crippen LogP contribution in [0, 0.1) is 12.3 Å². The Bertz CT molecular complexity index is 916. The molecule has 8 heteroatoms. The number of nitrogens with zero attached hydrogens (tertiary/aromatic N) is 3. The fourth-order valence-electron chi connectivity index (χ4n) is 4.48. The number of nitrogens with two attached hydrogens (primary N) is 1. The summed E-state index contributed by atoms with van der Waals surface area (Å²) in [5, 5.41) is 10.9. The van der Waals surface area contributed by atoms with E-state index in [1.54, 1.807) is 6.07 Å². The number of aliphatic hydroxyl groups is 1. The number of piperidine rings is 1. The molecule has 2 fully saturated rings. The van der Waals surface area contributed by atoms with Crippen molar-refractivity contribution in [1.29, 1.82) is 0 Å². The molecule has 0 amide bonds. The van der Waals surface area contributed by atoms with Crippen LogP contribution in [0.5, 0.6) is 0 Å². The summed E-state index contributed by atoms with van der Waals surface area (Å²) in [6.07, 6.45) is 1.97. The zero-order valence-electron chi connectivity index (χ0n) is 16.7. The van der Waals surface area contributed by atoms with Crippen LogP contribution in [0.15, 0.2) is 18.2 Å². The van der Waals surface area contributed by atoms with Crippen molar-refractivity contribution in [3.05, 3.63) is 39.6 Å². The molecule has 29 heavy (non-hydrogen) atoms. The van der Waals surface area contributed by atoms with Crippen molar-refractivity contribution in [3.8, 4) is 11.3 Å². The van der Waals surface area contributed by atoms with Crippen molar-refractivity contribution < 1.29 is 9.84 Å². The summed E-state index contributed by atoms with van der Waals surface area (Å²) in [5.74, 6) is 0.724. The second kappa shape index (κ2) is 8.00. The van der Waals surface area contributed by atoms with E-state index in [0.717, 1.165) is 37.4 Å². The summed E-state index contributed by atoms with van der Waals surface area (Å²) in [7, 11) is 0. The van der Waals surface area contributed by atoms with E-state index in [1.165, 1.54) is 0 Å². The smallest absolute Gasteiger partial charge is 0.153 e. The fraction of sp³-hybridized carbons (Fsp3) is 0.524. The van der Waals surface area contributed by atoms with Gasteiger partial charge < -0.3 is 20.5 Å². The highest BCUT2D eigenvalue weighted by molar-refractivity contribution is 6.43. The minimum atomic E-state index is -0.199. The van der Waals surface area contributed by atoms with E-state index in [1.807, 2.05) is 26.0 Å². The van der Waals surface area contributed by atoms with Gasteiger partial charge in [0.1, 0.15) is 5.69 Å². The van der Waals surface area contributed by atoms with Crippen molar-refractivity contribution in [2.75, 3.05) is 24.6 Å². The zero-order valence-corrected chi connectivity index (χ0v) is 18.2. The van der Waals surface area contributed by atoms with Crippen molar-refractivity contribution in [3.63, 3.8) is 0 Å². The predicted molar refractivity (Wildman–Crippen MR) is 115 cm³/mol. The number of anilines is 1. The zero-order chi connectivity index (χ0) is 20.8. The molecule has 0 radical (unpaired) electrons. The second-order valence-electron chi connectivity index (χ2n) is 8.08. The summed E-state index contributed by atoms with van der Waals surface area (Å²) in [6.45, 7) is 6.08. The summed E-state index contributed by atoms with van der Waals surface area (Å²) < 4.78 is 5.81. The number of hydrogen-bond acceptors (Lipinski definition) is 6. The topological polar surface area (TPSA) is 84.5 Å². The fourth-order valence-corrected chi connectivity index (χ4v) is 4.87. The number of aromatic nitrogens is 2. The molecule has 2 saturated heterocycles. The lowest BCUT2D eigenvalue weighted by atomic mass is 9.73. The highest BCUT2D eigenvalue weighted by atomic mass is 35.5. The van der Waals surface area contributed by atoms with Crippen LogP contribution in [0.4, 0.5) is 5.82 Å². The van der Waals surface area contributed by atoms with Gasteiger partial charge in [-0.25, -0.2) is 9.97 Å². The summed E-state index contributed by atoms with van der Waals surface area (Å²) in [4.78, 5) is 11.7. The van der Waals surface area contributed by atoms with Crippen LogP contribution in [0.25, 0.3) is 11.3 Å². The van der Waals surface area contributed by atoms with Crippen molar-refractivity contribution in [2.24, 2.45) is 11.1 Å². The van der Waals surface area contributed by atoms with Gasteiger partial charge in [0.15, 0.2) is 5.82 Å². The van der Waals surface area contributed by atoms with Crippen LogP contribution >= 0.6 is 23.2 Å². The Morgan fingerprint density at radius 2 is 2.00 bits per heavy atom. The van der Waals surface area contributed by atoms with E-state index < -0.39 is 0 Å². The Kier molecular flexibility index (Phi) is 5.75. The van der Waals surface area contributed by atoms with Crippen molar-refractivity contribution >= 4 is 29.0 Å². The number of aryl methyl sites for hydroxylation is 1. The standard InChI is InChI=1S/C21H26Cl2N4O2/c1-12-18(14-4-3-5-15(22)17(14)23)26-16(10-28)20(25-12)27-8-6-21(7-9-27)11-29-13(2)19(21)24/h3-5,13,19,28H,6-11,24H2,1-2H3/t13-,19-/m1/s1. The van der Waals surface area contributed by atoms with Crippen LogP contribution in [0.2, 0.25) is 10.0 Å². The Labute approximate surface area is 181 Å². The van der Waals surface area contributed by atoms with Crippen molar-refractivity contribution in [2.45, 2.75) is 45.4 Å². The third-order valence-electron chi connectivity index (χ3n) is 6.38. The van der Waals surface area contributed by atoms with Gasteiger partial charge in [0.05, 0.1) is 40.8 Å². The molecule has 0 unspecified atom stereocenters. The maximum atomic E-state index is 9.99. The lowest BCUT2D eigenvalue weighted by molar-refractivity contribution is 0.0973. The number of benzene rings is 1. The second-order valence-corrected chi connectivity index (χ2v) is 8.86. The van der Waals surface area contributed by atoms with Gasteiger partial charge in [-0.15, -0.1) is 0 Å². The number of halogens is 2. The van der Waals surface area contributed by atoms with E-state index in [-0.39, 0.29) is 24.2 Å². The Balaban J connectivity index is 1.63. The van der Waals surface area contributed by atoms with Gasteiger partial charge >= 0.3 is 0 Å². The van der Waals surface area contributed by atoms with Gasteiger partial charge in [-0.3, -0.25) is 0 Å². The first-order valence-electron chi connectivity index (χ1n) is 9.91. The Morgan fingerprint density at radius 1 is 1.28 bits per heavy atom. The molecule has 3 heterocycles. The van der Waals surface area contributed by atoms with E-state index in [4.69, 9.17) is 43.6 Å². The molecule has 1 aromatic carbocycles. The molecular weight excluding hydrogens is 411 g/mol. The van der Waals surface area contributed by atoms with E-state index in [2.05, 4.69) is 4.90 Å². The maximum Gasteiger partial charge on any atom is 0.153 e. The normalized spacial score (nSPS) is 23.7. The molecule has 156 valence electrons. The highest BCUT2D eigenvalue weighted by Gasteiger charge is 2.47. The molecule has 1 aromatic heterocycles. The number of aliphatic hydroxyl groups excluding tert-OH is 1. The first-order chi connectivity index (χ1) is 13.9. The summed E-state index contributed by atoms with van der Waals surface area (Å²) in [5.41, 5.74) is 9.10. The lowest BCUT2D eigenvalue weighted by Crippen LogP contribution is -2.51. The predicted octanol–water partition coefficient (Wildman–Crippen LogP) is 3.58. The Morgan fingerprint density at radius 3 is 2.62 bits per heavy atom. The van der Waals surface area contributed by atoms with E-state index in [9.17, 15) is 5.11 Å². The molecule has 6 nitrogen and oxygen atoms in total. The molecule has 2 aliphatic heterocycles. The molecular formula is C21H26Cl2N4O2. The number of hydrogen-bond donors (Lipinski definition) is 2. The maximum absolute atomic E-state index is 9.99. The minimum Gasteiger partial charge on any atom is -0.390 e. The van der Waals surface area contributed by atoms with Gasteiger partial charge in [-0.05, 0) is 32.8 Å². The average Bonchev–Trinajstić information content (AvgIpc) is 2.99. The molecule has 2 aliphatic rings. The van der Waals surface area contributed by atoms with Gasteiger partial charge in [0.25, 0.3) is 0 Å². The van der Waals surface area contributed by atoms with Gasteiger partial charge in [-0.2, -0.15) is 0 Å². The first kappa shape index (κ1) is 20.8. The van der Waals surface area contributed by atoms with E-state index in [0.29, 0.717) is 33.6 Å². The average molecular weight is 437 g/mol. The van der Waals surface area contributed by atoms with Crippen LogP contribution in [0.3, 0.4) is 0 Å². The highest BCUT2D eigenvalue weighted by Crippen LogP contribution is 2.42. The molecule has 0 aliphatic carbocycles. The molecule has 2 aromatic rings. The SMILES string of the molecule is Cc1nc(N2CCC3(CC2)CO[C@H](C)[C@H]3N)c(CO)nc1-c1cccc(Cl)c1Cl. The molecule has 2 atom stereocenters. The largest absolute Gasteiger partial charge is 0.390 e. The van der Waals surface area contributed by atoms with Gasteiger partial charge in [-0.1, -0.05) is 35.3 Å². The molecule has 0 saturated carbocycles. The van der Waals surface area contributed by atoms with Crippen LogP contribution in [-0.4, -0.2) is 46.9 Å². The van der Waals surface area contributed by atoms with Gasteiger partial charge in [0, 0.05) is 30.1 Å². The van der Waals surface area contributed by atoms with E-state index >= 15 is 0 Å².